The van der Waals surface area contributed by atoms with E-state index in [9.17, 15) is 0 Å². The van der Waals surface area contributed by atoms with Crippen molar-refractivity contribution in [2.24, 2.45) is 0 Å². The Bertz CT molecular complexity index is 348. The van der Waals surface area contributed by atoms with Crippen molar-refractivity contribution < 1.29 is 4.74 Å². The van der Waals surface area contributed by atoms with Gasteiger partial charge in [-0.2, -0.15) is 0 Å². The molecule has 0 aromatic carbocycles. The summed E-state index contributed by atoms with van der Waals surface area (Å²) < 4.78 is 5.02. The van der Waals surface area contributed by atoms with Gasteiger partial charge in [-0.3, -0.25) is 0 Å². The maximum absolute atomic E-state index is 5.02. The fourth-order valence-electron chi connectivity index (χ4n) is 2.35. The van der Waals surface area contributed by atoms with Crippen LogP contribution in [0, 0.1) is 0 Å². The molecular weight excluding hydrogens is 258 g/mol. The SMILES string of the molecule is COCCNCc1csc(N2CCCCCCC2)n1. The number of methoxy groups -OCH3 is 1. The van der Waals surface area contributed by atoms with Crippen LogP contribution in [0.5, 0.6) is 0 Å². The highest BCUT2D eigenvalue weighted by molar-refractivity contribution is 7.13. The number of thiazole rings is 1. The Morgan fingerprint density at radius 1 is 1.26 bits per heavy atom. The molecule has 1 saturated heterocycles. The van der Waals surface area contributed by atoms with Gasteiger partial charge in [0.15, 0.2) is 5.13 Å². The maximum atomic E-state index is 5.02. The Morgan fingerprint density at radius 3 is 2.74 bits per heavy atom. The molecule has 0 aliphatic carbocycles. The van der Waals surface area contributed by atoms with Gasteiger partial charge in [-0.1, -0.05) is 19.3 Å². The zero-order chi connectivity index (χ0) is 13.3. The van der Waals surface area contributed by atoms with E-state index < -0.39 is 0 Å². The summed E-state index contributed by atoms with van der Waals surface area (Å²) in [5.74, 6) is 0. The molecule has 108 valence electrons. The lowest BCUT2D eigenvalue weighted by Crippen LogP contribution is -2.27. The minimum atomic E-state index is 0.753. The lowest BCUT2D eigenvalue weighted by Gasteiger charge is -2.23. The van der Waals surface area contributed by atoms with Gasteiger partial charge >= 0.3 is 0 Å². The molecule has 0 bridgehead atoms. The van der Waals surface area contributed by atoms with Gasteiger partial charge in [0.1, 0.15) is 0 Å². The summed E-state index contributed by atoms with van der Waals surface area (Å²) in [6.45, 7) is 4.82. The van der Waals surface area contributed by atoms with Gasteiger partial charge in [0.2, 0.25) is 0 Å². The third-order valence-electron chi connectivity index (χ3n) is 3.46. The lowest BCUT2D eigenvalue weighted by molar-refractivity contribution is 0.199. The Kier molecular flexibility index (Phi) is 6.61. The van der Waals surface area contributed by atoms with Crippen LogP contribution in [0.25, 0.3) is 0 Å². The summed E-state index contributed by atoms with van der Waals surface area (Å²) in [6, 6.07) is 0. The van der Waals surface area contributed by atoms with Crippen molar-refractivity contribution in [2.75, 3.05) is 38.3 Å². The summed E-state index contributed by atoms with van der Waals surface area (Å²) >= 11 is 1.78. The summed E-state index contributed by atoms with van der Waals surface area (Å²) in [5, 5.41) is 6.72. The molecule has 1 fully saturated rings. The average Bonchev–Trinajstić information content (AvgIpc) is 2.83. The van der Waals surface area contributed by atoms with E-state index in [1.165, 1.54) is 50.3 Å². The first-order valence-electron chi connectivity index (χ1n) is 7.29. The third kappa shape index (κ3) is 5.09. The molecule has 1 aromatic heterocycles. The predicted molar refractivity (Wildman–Crippen MR) is 81.0 cm³/mol. The van der Waals surface area contributed by atoms with Gasteiger partial charge in [0.05, 0.1) is 12.3 Å². The fourth-order valence-corrected chi connectivity index (χ4v) is 3.23. The molecule has 1 aliphatic heterocycles. The molecule has 0 atom stereocenters. The highest BCUT2D eigenvalue weighted by Gasteiger charge is 2.12. The standard InChI is InChI=1S/C14H25N3OS/c1-18-10-7-15-11-13-12-19-14(16-13)17-8-5-3-2-4-6-9-17/h12,15H,2-11H2,1H3. The van der Waals surface area contributed by atoms with E-state index in [0.717, 1.165) is 25.4 Å². The zero-order valence-electron chi connectivity index (χ0n) is 11.9. The summed E-state index contributed by atoms with van der Waals surface area (Å²) in [7, 11) is 1.73. The number of hydrogen-bond donors (Lipinski definition) is 1. The van der Waals surface area contributed by atoms with Gasteiger partial charge in [0, 0.05) is 38.7 Å². The predicted octanol–water partition coefficient (Wildman–Crippen LogP) is 2.65. The fraction of sp³-hybridized carbons (Fsp3) is 0.786. The molecule has 19 heavy (non-hydrogen) atoms. The van der Waals surface area contributed by atoms with Crippen LogP contribution in [0.4, 0.5) is 5.13 Å². The highest BCUT2D eigenvalue weighted by Crippen LogP contribution is 2.23. The molecule has 2 rings (SSSR count). The Hall–Kier alpha value is -0.650. The molecule has 1 aliphatic rings. The molecule has 0 unspecified atom stereocenters. The van der Waals surface area contributed by atoms with Crippen molar-refractivity contribution in [3.05, 3.63) is 11.1 Å². The van der Waals surface area contributed by atoms with E-state index in [1.54, 1.807) is 18.4 Å². The molecule has 0 saturated carbocycles. The van der Waals surface area contributed by atoms with Crippen molar-refractivity contribution in [3.8, 4) is 0 Å². The van der Waals surface area contributed by atoms with E-state index >= 15 is 0 Å². The van der Waals surface area contributed by atoms with Crippen LogP contribution in [-0.2, 0) is 11.3 Å². The lowest BCUT2D eigenvalue weighted by atomic mass is 10.1. The Labute approximate surface area is 120 Å². The van der Waals surface area contributed by atoms with Crippen LogP contribution < -0.4 is 10.2 Å². The highest BCUT2D eigenvalue weighted by atomic mass is 32.1. The molecule has 5 heteroatoms. The molecule has 1 N–H and O–H groups in total. The minimum absolute atomic E-state index is 0.753. The minimum Gasteiger partial charge on any atom is -0.383 e. The van der Waals surface area contributed by atoms with E-state index in [1.807, 2.05) is 0 Å². The molecular formula is C14H25N3OS. The van der Waals surface area contributed by atoms with Crippen LogP contribution >= 0.6 is 11.3 Å². The van der Waals surface area contributed by atoms with E-state index in [4.69, 9.17) is 9.72 Å². The largest absolute Gasteiger partial charge is 0.383 e. The smallest absolute Gasteiger partial charge is 0.185 e. The van der Waals surface area contributed by atoms with Gasteiger partial charge in [0.25, 0.3) is 0 Å². The number of nitrogens with zero attached hydrogens (tertiary/aromatic N) is 2. The number of nitrogens with one attached hydrogen (secondary N) is 1. The number of anilines is 1. The molecule has 4 nitrogen and oxygen atoms in total. The average molecular weight is 283 g/mol. The van der Waals surface area contributed by atoms with Crippen LogP contribution in [0.2, 0.25) is 0 Å². The molecule has 0 spiro atoms. The van der Waals surface area contributed by atoms with Crippen LogP contribution in [0.1, 0.15) is 37.8 Å². The van der Waals surface area contributed by atoms with Crippen LogP contribution in [0.3, 0.4) is 0 Å². The van der Waals surface area contributed by atoms with Crippen molar-refractivity contribution >= 4 is 16.5 Å². The maximum Gasteiger partial charge on any atom is 0.185 e. The van der Waals surface area contributed by atoms with Gasteiger partial charge in [-0.15, -0.1) is 11.3 Å². The second-order valence-electron chi connectivity index (χ2n) is 5.05. The van der Waals surface area contributed by atoms with E-state index in [-0.39, 0.29) is 0 Å². The number of ether oxygens (including phenoxy) is 1. The van der Waals surface area contributed by atoms with Crippen molar-refractivity contribution in [1.29, 1.82) is 0 Å². The normalized spacial score (nSPS) is 17.2. The van der Waals surface area contributed by atoms with Crippen molar-refractivity contribution in [2.45, 2.75) is 38.6 Å². The summed E-state index contributed by atoms with van der Waals surface area (Å²) in [5.41, 5.74) is 1.15. The van der Waals surface area contributed by atoms with Gasteiger partial charge in [-0.25, -0.2) is 4.98 Å². The summed E-state index contributed by atoms with van der Waals surface area (Å²) in [6.07, 6.45) is 6.75. The second kappa shape index (κ2) is 8.51. The molecule has 0 radical (unpaired) electrons. The number of rotatable bonds is 6. The van der Waals surface area contributed by atoms with Gasteiger partial charge < -0.3 is 15.0 Å². The summed E-state index contributed by atoms with van der Waals surface area (Å²) in [4.78, 5) is 7.21. The Balaban J connectivity index is 1.81. The third-order valence-corrected chi connectivity index (χ3v) is 4.41. The van der Waals surface area contributed by atoms with Crippen molar-refractivity contribution in [3.63, 3.8) is 0 Å². The van der Waals surface area contributed by atoms with Gasteiger partial charge in [-0.05, 0) is 12.8 Å². The first-order chi connectivity index (χ1) is 9.40. The zero-order valence-corrected chi connectivity index (χ0v) is 12.7. The number of aromatic nitrogens is 1. The first kappa shape index (κ1) is 14.8. The first-order valence-corrected chi connectivity index (χ1v) is 8.17. The topological polar surface area (TPSA) is 37.4 Å². The monoisotopic (exact) mass is 283 g/mol. The molecule has 2 heterocycles. The molecule has 1 aromatic rings. The van der Waals surface area contributed by atoms with E-state index in [0.29, 0.717) is 0 Å². The van der Waals surface area contributed by atoms with Crippen LogP contribution in [0.15, 0.2) is 5.38 Å². The number of hydrogen-bond acceptors (Lipinski definition) is 5. The quantitative estimate of drug-likeness (QED) is 0.815. The van der Waals surface area contributed by atoms with Crippen LogP contribution in [-0.4, -0.2) is 38.3 Å². The molecule has 0 amide bonds. The van der Waals surface area contributed by atoms with Crippen molar-refractivity contribution in [1.82, 2.24) is 10.3 Å². The second-order valence-corrected chi connectivity index (χ2v) is 5.88. The van der Waals surface area contributed by atoms with E-state index in [2.05, 4.69) is 15.6 Å². The Morgan fingerprint density at radius 2 is 2.00 bits per heavy atom.